The van der Waals surface area contributed by atoms with Crippen LogP contribution in [0.3, 0.4) is 0 Å². The minimum Gasteiger partial charge on any atom is -0.496 e. The Balaban J connectivity index is 1.74. The highest BCUT2D eigenvalue weighted by molar-refractivity contribution is 7.87. The molecule has 0 aliphatic carbocycles. The van der Waals surface area contributed by atoms with Gasteiger partial charge in [0.1, 0.15) is 10.6 Å². The standard InChI is InChI=1S/C22H19NO4S/c1-15-11-12-17(14-22(15)26-2)28(24,25)27-21-10-6-4-8-18(21)20-13-16-7-3-5-9-19(16)23-20/h3-14,23H,1-2H3. The van der Waals surface area contributed by atoms with E-state index in [0.29, 0.717) is 11.3 Å². The summed E-state index contributed by atoms with van der Waals surface area (Å²) in [4.78, 5) is 3.35. The quantitative estimate of drug-likeness (QED) is 0.489. The first-order chi connectivity index (χ1) is 13.5. The number of aromatic nitrogens is 1. The van der Waals surface area contributed by atoms with Crippen LogP contribution < -0.4 is 8.92 Å². The monoisotopic (exact) mass is 393 g/mol. The van der Waals surface area contributed by atoms with Gasteiger partial charge in [0.05, 0.1) is 12.8 Å². The molecule has 0 radical (unpaired) electrons. The molecule has 6 heteroatoms. The zero-order valence-corrected chi connectivity index (χ0v) is 16.3. The Morgan fingerprint density at radius 3 is 2.39 bits per heavy atom. The van der Waals surface area contributed by atoms with E-state index in [4.69, 9.17) is 8.92 Å². The zero-order valence-electron chi connectivity index (χ0n) is 15.5. The predicted octanol–water partition coefficient (Wildman–Crippen LogP) is 4.92. The van der Waals surface area contributed by atoms with E-state index < -0.39 is 10.1 Å². The highest BCUT2D eigenvalue weighted by Crippen LogP contribution is 2.34. The molecule has 4 rings (SSSR count). The van der Waals surface area contributed by atoms with Gasteiger partial charge in [0.15, 0.2) is 5.75 Å². The molecular formula is C22H19NO4S. The summed E-state index contributed by atoms with van der Waals surface area (Å²) in [5.41, 5.74) is 3.27. The van der Waals surface area contributed by atoms with Crippen LogP contribution >= 0.6 is 0 Å². The molecule has 0 saturated heterocycles. The van der Waals surface area contributed by atoms with E-state index in [0.717, 1.165) is 22.2 Å². The van der Waals surface area contributed by atoms with Crippen molar-refractivity contribution in [1.82, 2.24) is 4.98 Å². The minimum absolute atomic E-state index is 0.0430. The van der Waals surface area contributed by atoms with Crippen molar-refractivity contribution in [1.29, 1.82) is 0 Å². The molecule has 1 N–H and O–H groups in total. The molecule has 0 spiro atoms. The number of H-pyrrole nitrogens is 1. The molecule has 5 nitrogen and oxygen atoms in total. The van der Waals surface area contributed by atoms with Crippen molar-refractivity contribution in [3.63, 3.8) is 0 Å². The van der Waals surface area contributed by atoms with Gasteiger partial charge >= 0.3 is 10.1 Å². The van der Waals surface area contributed by atoms with Gasteiger partial charge in [-0.3, -0.25) is 0 Å². The fourth-order valence-electron chi connectivity index (χ4n) is 3.10. The third-order valence-electron chi connectivity index (χ3n) is 4.57. The van der Waals surface area contributed by atoms with E-state index in [1.54, 1.807) is 18.2 Å². The summed E-state index contributed by atoms with van der Waals surface area (Å²) in [6.45, 7) is 1.85. The molecule has 0 fully saturated rings. The number of benzene rings is 3. The van der Waals surface area contributed by atoms with Gasteiger partial charge in [-0.1, -0.05) is 36.4 Å². The summed E-state index contributed by atoms with van der Waals surface area (Å²) < 4.78 is 36.4. The molecule has 0 aliphatic rings. The predicted molar refractivity (Wildman–Crippen MR) is 109 cm³/mol. The summed E-state index contributed by atoms with van der Waals surface area (Å²) >= 11 is 0. The first kappa shape index (κ1) is 18.1. The summed E-state index contributed by atoms with van der Waals surface area (Å²) in [6, 6.07) is 21.6. The average Bonchev–Trinajstić information content (AvgIpc) is 3.12. The Morgan fingerprint density at radius 1 is 0.857 bits per heavy atom. The van der Waals surface area contributed by atoms with Crippen LogP contribution in [0.5, 0.6) is 11.5 Å². The molecule has 28 heavy (non-hydrogen) atoms. The van der Waals surface area contributed by atoms with Crippen molar-refractivity contribution in [3.8, 4) is 22.8 Å². The number of hydrogen-bond donors (Lipinski definition) is 1. The summed E-state index contributed by atoms with van der Waals surface area (Å²) in [5.74, 6) is 0.752. The number of aryl methyl sites for hydroxylation is 1. The minimum atomic E-state index is -4.02. The molecule has 3 aromatic carbocycles. The molecule has 1 heterocycles. The van der Waals surface area contributed by atoms with Gasteiger partial charge in [-0.15, -0.1) is 0 Å². The lowest BCUT2D eigenvalue weighted by Gasteiger charge is -2.12. The van der Waals surface area contributed by atoms with E-state index in [9.17, 15) is 8.42 Å². The smallest absolute Gasteiger partial charge is 0.339 e. The van der Waals surface area contributed by atoms with Gasteiger partial charge in [0.25, 0.3) is 0 Å². The van der Waals surface area contributed by atoms with Crippen LogP contribution in [0.4, 0.5) is 0 Å². The van der Waals surface area contributed by atoms with Gasteiger partial charge in [0, 0.05) is 22.5 Å². The first-order valence-electron chi connectivity index (χ1n) is 8.74. The fourth-order valence-corrected chi connectivity index (χ4v) is 4.07. The Labute approximate surface area is 163 Å². The fraction of sp³-hybridized carbons (Fsp3) is 0.0909. The lowest BCUT2D eigenvalue weighted by atomic mass is 10.1. The highest BCUT2D eigenvalue weighted by atomic mass is 32.2. The van der Waals surface area contributed by atoms with Gasteiger partial charge in [-0.05, 0) is 42.8 Å². The molecule has 1 aromatic heterocycles. The molecule has 0 unspecified atom stereocenters. The number of hydrogen-bond acceptors (Lipinski definition) is 4. The van der Waals surface area contributed by atoms with Crippen LogP contribution in [-0.2, 0) is 10.1 Å². The van der Waals surface area contributed by atoms with E-state index in [2.05, 4.69) is 4.98 Å². The SMILES string of the molecule is COc1cc(S(=O)(=O)Oc2ccccc2-c2cc3ccccc3[nH]2)ccc1C. The zero-order chi connectivity index (χ0) is 19.7. The van der Waals surface area contributed by atoms with Crippen LogP contribution in [0.2, 0.25) is 0 Å². The molecule has 0 atom stereocenters. The summed E-state index contributed by atoms with van der Waals surface area (Å²) in [6.07, 6.45) is 0. The number of aromatic amines is 1. The Bertz CT molecular complexity index is 1230. The van der Waals surface area contributed by atoms with Crippen LogP contribution in [0.1, 0.15) is 5.56 Å². The van der Waals surface area contributed by atoms with Crippen LogP contribution in [0, 0.1) is 6.92 Å². The molecular weight excluding hydrogens is 374 g/mol. The Hall–Kier alpha value is -3.25. The van der Waals surface area contributed by atoms with E-state index in [-0.39, 0.29) is 10.6 Å². The molecule has 0 saturated carbocycles. The third kappa shape index (κ3) is 3.34. The van der Waals surface area contributed by atoms with Crippen molar-refractivity contribution in [2.45, 2.75) is 11.8 Å². The van der Waals surface area contributed by atoms with E-state index in [1.165, 1.54) is 19.2 Å². The maximum absolute atomic E-state index is 12.8. The number of nitrogens with one attached hydrogen (secondary N) is 1. The lowest BCUT2D eigenvalue weighted by molar-refractivity contribution is 0.409. The summed E-state index contributed by atoms with van der Waals surface area (Å²) in [7, 11) is -2.51. The van der Waals surface area contributed by atoms with Gasteiger partial charge in [-0.2, -0.15) is 8.42 Å². The molecule has 0 amide bonds. The van der Waals surface area contributed by atoms with Crippen LogP contribution in [0.25, 0.3) is 22.2 Å². The molecule has 4 aromatic rings. The van der Waals surface area contributed by atoms with Crippen molar-refractivity contribution in [2.24, 2.45) is 0 Å². The number of methoxy groups -OCH3 is 1. The average molecular weight is 393 g/mol. The number of para-hydroxylation sites is 2. The topological polar surface area (TPSA) is 68.4 Å². The second-order valence-electron chi connectivity index (χ2n) is 6.44. The van der Waals surface area contributed by atoms with Crippen molar-refractivity contribution < 1.29 is 17.3 Å². The Kier molecular flexibility index (Phi) is 4.57. The Morgan fingerprint density at radius 2 is 1.61 bits per heavy atom. The van der Waals surface area contributed by atoms with E-state index in [1.807, 2.05) is 49.4 Å². The van der Waals surface area contributed by atoms with Crippen molar-refractivity contribution in [3.05, 3.63) is 78.4 Å². The second-order valence-corrected chi connectivity index (χ2v) is 7.98. The molecule has 0 bridgehead atoms. The number of rotatable bonds is 5. The van der Waals surface area contributed by atoms with Gasteiger partial charge < -0.3 is 13.9 Å². The van der Waals surface area contributed by atoms with E-state index >= 15 is 0 Å². The summed E-state index contributed by atoms with van der Waals surface area (Å²) in [5, 5.41) is 1.04. The van der Waals surface area contributed by atoms with Crippen LogP contribution in [0.15, 0.2) is 77.7 Å². The normalized spacial score (nSPS) is 11.5. The largest absolute Gasteiger partial charge is 0.496 e. The molecule has 142 valence electrons. The van der Waals surface area contributed by atoms with Crippen LogP contribution in [-0.4, -0.2) is 20.5 Å². The van der Waals surface area contributed by atoms with Crippen molar-refractivity contribution >= 4 is 21.0 Å². The number of ether oxygens (including phenoxy) is 1. The molecule has 0 aliphatic heterocycles. The second kappa shape index (κ2) is 7.05. The third-order valence-corrected chi connectivity index (χ3v) is 5.81. The maximum Gasteiger partial charge on any atom is 0.339 e. The van der Waals surface area contributed by atoms with Crippen molar-refractivity contribution in [2.75, 3.05) is 7.11 Å². The number of fused-ring (bicyclic) bond motifs is 1. The lowest BCUT2D eigenvalue weighted by Crippen LogP contribution is -2.10. The highest BCUT2D eigenvalue weighted by Gasteiger charge is 2.21. The maximum atomic E-state index is 12.8. The van der Waals surface area contributed by atoms with Gasteiger partial charge in [-0.25, -0.2) is 0 Å². The first-order valence-corrected chi connectivity index (χ1v) is 10.1. The van der Waals surface area contributed by atoms with Gasteiger partial charge in [0.2, 0.25) is 0 Å².